The number of halogens is 1. The summed E-state index contributed by atoms with van der Waals surface area (Å²) in [6, 6.07) is 0. The van der Waals surface area contributed by atoms with E-state index in [0.717, 1.165) is 31.3 Å². The fourth-order valence-corrected chi connectivity index (χ4v) is 3.56. The molecule has 0 aromatic heterocycles. The Kier molecular flexibility index (Phi) is 6.44. The summed E-state index contributed by atoms with van der Waals surface area (Å²) in [5.74, 6) is 1.05. The maximum absolute atomic E-state index is 11.1. The molecule has 1 heterocycles. The van der Waals surface area contributed by atoms with Gasteiger partial charge < -0.3 is 10.4 Å². The molecular weight excluding hydrogens is 250 g/mol. The third kappa shape index (κ3) is 3.86. The third-order valence-corrected chi connectivity index (χ3v) is 4.83. The molecule has 1 aliphatic heterocycles. The number of carboxylic acid groups (broad SMARTS) is 1. The highest BCUT2D eigenvalue weighted by Crippen LogP contribution is 2.36. The van der Waals surface area contributed by atoms with Crippen molar-refractivity contribution in [2.75, 3.05) is 13.1 Å². The van der Waals surface area contributed by atoms with Crippen molar-refractivity contribution in [1.82, 2.24) is 5.32 Å². The minimum Gasteiger partial charge on any atom is -0.481 e. The van der Waals surface area contributed by atoms with Crippen LogP contribution in [-0.2, 0) is 4.79 Å². The van der Waals surface area contributed by atoms with E-state index in [-0.39, 0.29) is 18.3 Å². The summed E-state index contributed by atoms with van der Waals surface area (Å²) in [7, 11) is 0. The Morgan fingerprint density at radius 2 is 1.83 bits per heavy atom. The average Bonchev–Trinajstić information content (AvgIpc) is 2.39. The lowest BCUT2D eigenvalue weighted by Gasteiger charge is -2.38. The molecule has 0 amide bonds. The molecule has 4 heteroatoms. The van der Waals surface area contributed by atoms with Gasteiger partial charge in [0.15, 0.2) is 0 Å². The Morgan fingerprint density at radius 3 is 2.44 bits per heavy atom. The Labute approximate surface area is 116 Å². The lowest BCUT2D eigenvalue weighted by Crippen LogP contribution is -2.43. The van der Waals surface area contributed by atoms with Crippen LogP contribution in [0.5, 0.6) is 0 Å². The summed E-state index contributed by atoms with van der Waals surface area (Å²) in [6.45, 7) is 3.85. The Hall–Kier alpha value is -0.280. The van der Waals surface area contributed by atoms with Gasteiger partial charge in [-0.05, 0) is 37.3 Å². The van der Waals surface area contributed by atoms with E-state index in [1.54, 1.807) is 0 Å². The van der Waals surface area contributed by atoms with E-state index in [9.17, 15) is 4.79 Å². The van der Waals surface area contributed by atoms with Crippen molar-refractivity contribution in [3.05, 3.63) is 0 Å². The molecule has 106 valence electrons. The molecule has 2 rings (SSSR count). The van der Waals surface area contributed by atoms with E-state index >= 15 is 0 Å². The fourth-order valence-electron chi connectivity index (χ4n) is 3.56. The molecule has 0 spiro atoms. The zero-order valence-electron chi connectivity index (χ0n) is 11.2. The molecule has 18 heavy (non-hydrogen) atoms. The van der Waals surface area contributed by atoms with Crippen LogP contribution in [0.2, 0.25) is 0 Å². The second kappa shape index (κ2) is 7.34. The van der Waals surface area contributed by atoms with Crippen LogP contribution < -0.4 is 5.32 Å². The standard InChI is InChI=1S/C14H25NO2.ClH/c1-10(14(16)17)12-7-13(9-15-8-12)11-5-3-2-4-6-11;/h10-13,15H,2-9H2,1H3,(H,16,17);1H/t10?,12-,13+;/m1./s1. The molecule has 3 atom stereocenters. The van der Waals surface area contributed by atoms with Gasteiger partial charge in [-0.1, -0.05) is 39.0 Å². The number of nitrogens with one attached hydrogen (secondary N) is 1. The van der Waals surface area contributed by atoms with E-state index in [4.69, 9.17) is 5.11 Å². The number of hydrogen-bond donors (Lipinski definition) is 2. The van der Waals surface area contributed by atoms with Gasteiger partial charge >= 0.3 is 5.97 Å². The predicted molar refractivity (Wildman–Crippen MR) is 75.1 cm³/mol. The van der Waals surface area contributed by atoms with Crippen molar-refractivity contribution in [2.24, 2.45) is 23.7 Å². The number of rotatable bonds is 3. The lowest BCUT2D eigenvalue weighted by molar-refractivity contribution is -0.143. The monoisotopic (exact) mass is 275 g/mol. The summed E-state index contributed by atoms with van der Waals surface area (Å²) in [5.41, 5.74) is 0. The summed E-state index contributed by atoms with van der Waals surface area (Å²) >= 11 is 0. The first-order valence-electron chi connectivity index (χ1n) is 7.12. The van der Waals surface area contributed by atoms with Crippen LogP contribution >= 0.6 is 12.4 Å². The van der Waals surface area contributed by atoms with Gasteiger partial charge in [0.25, 0.3) is 0 Å². The van der Waals surface area contributed by atoms with Gasteiger partial charge in [0, 0.05) is 0 Å². The first kappa shape index (κ1) is 15.8. The first-order chi connectivity index (χ1) is 8.18. The molecule has 2 aliphatic rings. The van der Waals surface area contributed by atoms with Gasteiger partial charge in [-0.25, -0.2) is 0 Å². The van der Waals surface area contributed by atoms with Crippen molar-refractivity contribution < 1.29 is 9.90 Å². The number of carbonyl (C=O) groups is 1. The summed E-state index contributed by atoms with van der Waals surface area (Å²) < 4.78 is 0. The van der Waals surface area contributed by atoms with Crippen LogP contribution in [-0.4, -0.2) is 24.2 Å². The molecule has 2 N–H and O–H groups in total. The smallest absolute Gasteiger partial charge is 0.306 e. The highest BCUT2D eigenvalue weighted by Gasteiger charge is 2.33. The molecule has 0 bridgehead atoms. The number of piperidine rings is 1. The Bertz CT molecular complexity index is 267. The largest absolute Gasteiger partial charge is 0.481 e. The molecule has 2 fully saturated rings. The minimum atomic E-state index is -0.638. The van der Waals surface area contributed by atoms with E-state index in [0.29, 0.717) is 5.92 Å². The summed E-state index contributed by atoms with van der Waals surface area (Å²) in [4.78, 5) is 11.1. The van der Waals surface area contributed by atoms with Gasteiger partial charge in [0.2, 0.25) is 0 Å². The Balaban J connectivity index is 0.00000162. The van der Waals surface area contributed by atoms with Crippen LogP contribution in [0.1, 0.15) is 45.4 Å². The zero-order chi connectivity index (χ0) is 12.3. The van der Waals surface area contributed by atoms with Gasteiger partial charge in [-0.2, -0.15) is 0 Å². The second-order valence-electron chi connectivity index (χ2n) is 5.94. The van der Waals surface area contributed by atoms with Gasteiger partial charge in [-0.3, -0.25) is 4.79 Å². The molecular formula is C14H26ClNO2. The van der Waals surface area contributed by atoms with Gasteiger partial charge in [0.05, 0.1) is 5.92 Å². The molecule has 1 unspecified atom stereocenters. The number of aliphatic carboxylic acids is 1. The third-order valence-electron chi connectivity index (χ3n) is 4.83. The molecule has 1 saturated carbocycles. The highest BCUT2D eigenvalue weighted by atomic mass is 35.5. The topological polar surface area (TPSA) is 49.3 Å². The summed E-state index contributed by atoms with van der Waals surface area (Å²) in [5, 5.41) is 12.6. The highest BCUT2D eigenvalue weighted by molar-refractivity contribution is 5.85. The normalized spacial score (nSPS) is 31.4. The van der Waals surface area contributed by atoms with Gasteiger partial charge in [0.1, 0.15) is 0 Å². The fraction of sp³-hybridized carbons (Fsp3) is 0.929. The van der Waals surface area contributed by atoms with Crippen molar-refractivity contribution in [3.63, 3.8) is 0 Å². The average molecular weight is 276 g/mol. The maximum atomic E-state index is 11.1. The quantitative estimate of drug-likeness (QED) is 0.833. The molecule has 0 aromatic rings. The molecule has 1 aliphatic carbocycles. The SMILES string of the molecule is CC(C(=O)O)[C@H]1CNC[C@@H](C2CCCCC2)C1.Cl. The van der Waals surface area contributed by atoms with Crippen LogP contribution in [0.3, 0.4) is 0 Å². The van der Waals surface area contributed by atoms with Crippen LogP contribution in [0.15, 0.2) is 0 Å². The minimum absolute atomic E-state index is 0. The zero-order valence-corrected chi connectivity index (χ0v) is 12.0. The molecule has 0 radical (unpaired) electrons. The van der Waals surface area contributed by atoms with E-state index in [1.807, 2.05) is 6.92 Å². The lowest BCUT2D eigenvalue weighted by atomic mass is 9.72. The summed E-state index contributed by atoms with van der Waals surface area (Å²) in [6.07, 6.45) is 7.98. The number of carboxylic acids is 1. The van der Waals surface area contributed by atoms with Crippen molar-refractivity contribution in [3.8, 4) is 0 Å². The van der Waals surface area contributed by atoms with Crippen LogP contribution in [0.4, 0.5) is 0 Å². The predicted octanol–water partition coefficient (Wildman–Crippen LogP) is 2.93. The van der Waals surface area contributed by atoms with Crippen molar-refractivity contribution in [2.45, 2.75) is 45.4 Å². The Morgan fingerprint density at radius 1 is 1.17 bits per heavy atom. The van der Waals surface area contributed by atoms with E-state index < -0.39 is 5.97 Å². The second-order valence-corrected chi connectivity index (χ2v) is 5.94. The number of hydrogen-bond acceptors (Lipinski definition) is 2. The van der Waals surface area contributed by atoms with Crippen molar-refractivity contribution >= 4 is 18.4 Å². The van der Waals surface area contributed by atoms with Crippen LogP contribution in [0.25, 0.3) is 0 Å². The van der Waals surface area contributed by atoms with Crippen LogP contribution in [0, 0.1) is 23.7 Å². The van der Waals surface area contributed by atoms with Crippen molar-refractivity contribution in [1.29, 1.82) is 0 Å². The van der Waals surface area contributed by atoms with Gasteiger partial charge in [-0.15, -0.1) is 12.4 Å². The van der Waals surface area contributed by atoms with E-state index in [2.05, 4.69) is 5.32 Å². The maximum Gasteiger partial charge on any atom is 0.306 e. The van der Waals surface area contributed by atoms with E-state index in [1.165, 1.54) is 32.1 Å². The molecule has 3 nitrogen and oxygen atoms in total. The first-order valence-corrected chi connectivity index (χ1v) is 7.12. The molecule has 1 saturated heterocycles. The molecule has 0 aromatic carbocycles.